The number of benzene rings is 1. The minimum Gasteiger partial charge on any atom is -0.444 e. The number of alkyl carbamates (subject to hydrolysis) is 1. The molecule has 7 nitrogen and oxygen atoms in total. The Morgan fingerprint density at radius 1 is 1.20 bits per heavy atom. The Bertz CT molecular complexity index is 533. The van der Waals surface area contributed by atoms with Crippen LogP contribution in [0, 0.1) is 0 Å². The summed E-state index contributed by atoms with van der Waals surface area (Å²) in [7, 11) is 0. The van der Waals surface area contributed by atoms with Crippen LogP contribution in [-0.4, -0.2) is 60.5 Å². The third-order valence-corrected chi connectivity index (χ3v) is 3.36. The first-order valence-electron chi connectivity index (χ1n) is 8.29. The fourth-order valence-electron chi connectivity index (χ4n) is 2.30. The van der Waals surface area contributed by atoms with E-state index in [1.165, 1.54) is 0 Å². The summed E-state index contributed by atoms with van der Waals surface area (Å²) in [6.45, 7) is 6.11. The molecule has 0 bridgehead atoms. The van der Waals surface area contributed by atoms with Gasteiger partial charge in [-0.1, -0.05) is 12.1 Å². The Hall–Kier alpha value is -2.12. The molecule has 1 atom stereocenters. The van der Waals surface area contributed by atoms with Gasteiger partial charge < -0.3 is 30.0 Å². The van der Waals surface area contributed by atoms with Gasteiger partial charge in [0.25, 0.3) is 0 Å². The van der Waals surface area contributed by atoms with Crippen LogP contribution >= 0.6 is 0 Å². The maximum absolute atomic E-state index is 11.8. The first-order chi connectivity index (χ1) is 11.8. The van der Waals surface area contributed by atoms with Crippen molar-refractivity contribution >= 4 is 18.1 Å². The molecule has 0 saturated carbocycles. The van der Waals surface area contributed by atoms with E-state index < -0.39 is 17.7 Å². The molecule has 0 aliphatic heterocycles. The summed E-state index contributed by atoms with van der Waals surface area (Å²) >= 11 is 0. The second kappa shape index (κ2) is 10.0. The molecule has 0 fully saturated rings. The fraction of sp³-hybridized carbons (Fsp3) is 0.556. The molecule has 0 radical (unpaired) electrons. The first-order valence-corrected chi connectivity index (χ1v) is 8.29. The topological polar surface area (TPSA) is 99.1 Å². The molecule has 1 aromatic carbocycles. The highest BCUT2D eigenvalue weighted by molar-refractivity contribution is 5.73. The zero-order valence-corrected chi connectivity index (χ0v) is 15.1. The van der Waals surface area contributed by atoms with E-state index in [4.69, 9.17) is 14.9 Å². The predicted molar refractivity (Wildman–Crippen MR) is 95.8 cm³/mol. The maximum atomic E-state index is 11.8. The van der Waals surface area contributed by atoms with Crippen molar-refractivity contribution in [3.63, 3.8) is 0 Å². The number of hydrogen-bond donors (Lipinski definition) is 3. The van der Waals surface area contributed by atoms with E-state index in [2.05, 4.69) is 5.32 Å². The predicted octanol–water partition coefficient (Wildman–Crippen LogP) is 1.11. The van der Waals surface area contributed by atoms with E-state index in [0.29, 0.717) is 25.8 Å². The minimum atomic E-state index is -0.674. The van der Waals surface area contributed by atoms with Crippen LogP contribution in [0.4, 0.5) is 10.5 Å². The summed E-state index contributed by atoms with van der Waals surface area (Å²) in [5, 5.41) is 20.7. The van der Waals surface area contributed by atoms with Crippen molar-refractivity contribution in [3.8, 4) is 0 Å². The highest BCUT2D eigenvalue weighted by Crippen LogP contribution is 2.16. The van der Waals surface area contributed by atoms with Crippen molar-refractivity contribution in [3.05, 3.63) is 29.8 Å². The standard InChI is InChI=1S/C18H28N2O5/c1-18(2,3)25-17(24)19-15(13-23)12-14-4-6-16(7-5-14)20(8-10-21)9-11-22/h4-7,13,15,21-22H,8-12H2,1-3H3,(H,19,24). The number of rotatable bonds is 9. The SMILES string of the molecule is CC(C)(C)OC(=O)NC(C=O)Cc1ccc(N(CCO)CCO)cc1. The molecule has 3 N–H and O–H groups in total. The third-order valence-electron chi connectivity index (χ3n) is 3.36. The van der Waals surface area contributed by atoms with Gasteiger partial charge in [0.05, 0.1) is 19.3 Å². The van der Waals surface area contributed by atoms with Crippen molar-refractivity contribution in [1.29, 1.82) is 0 Å². The molecule has 0 spiro atoms. The molecule has 140 valence electrons. The molecule has 1 amide bonds. The molecule has 7 heteroatoms. The lowest BCUT2D eigenvalue weighted by molar-refractivity contribution is -0.109. The average Bonchev–Trinajstić information content (AvgIpc) is 2.53. The highest BCUT2D eigenvalue weighted by atomic mass is 16.6. The number of anilines is 1. The Kier molecular flexibility index (Phi) is 8.37. The largest absolute Gasteiger partial charge is 0.444 e. The summed E-state index contributed by atoms with van der Waals surface area (Å²) < 4.78 is 5.15. The van der Waals surface area contributed by atoms with Crippen LogP contribution in [0.1, 0.15) is 26.3 Å². The van der Waals surface area contributed by atoms with Crippen LogP contribution in [0.25, 0.3) is 0 Å². The second-order valence-corrected chi connectivity index (χ2v) is 6.69. The van der Waals surface area contributed by atoms with Gasteiger partial charge in [0.2, 0.25) is 0 Å². The van der Waals surface area contributed by atoms with Crippen molar-refractivity contribution in [2.45, 2.75) is 38.8 Å². The number of carbonyl (C=O) groups is 2. The van der Waals surface area contributed by atoms with E-state index in [9.17, 15) is 9.59 Å². The van der Waals surface area contributed by atoms with Crippen LogP contribution < -0.4 is 10.2 Å². The van der Waals surface area contributed by atoms with E-state index in [1.54, 1.807) is 20.8 Å². The summed E-state index contributed by atoms with van der Waals surface area (Å²) in [5.74, 6) is 0. The molecular weight excluding hydrogens is 324 g/mol. The number of aliphatic hydroxyl groups excluding tert-OH is 2. The zero-order valence-electron chi connectivity index (χ0n) is 15.1. The number of nitrogens with zero attached hydrogens (tertiary/aromatic N) is 1. The molecule has 1 unspecified atom stereocenters. The van der Waals surface area contributed by atoms with Crippen molar-refractivity contribution in [2.24, 2.45) is 0 Å². The lowest BCUT2D eigenvalue weighted by Crippen LogP contribution is -2.41. The lowest BCUT2D eigenvalue weighted by atomic mass is 10.1. The Balaban J connectivity index is 2.68. The number of hydrogen-bond acceptors (Lipinski definition) is 6. The van der Waals surface area contributed by atoms with E-state index >= 15 is 0 Å². The van der Waals surface area contributed by atoms with E-state index in [1.807, 2.05) is 29.2 Å². The molecular formula is C18H28N2O5. The summed E-state index contributed by atoms with van der Waals surface area (Å²) in [5.41, 5.74) is 1.13. The quantitative estimate of drug-likeness (QED) is 0.576. The monoisotopic (exact) mass is 352 g/mol. The van der Waals surface area contributed by atoms with Gasteiger partial charge in [0, 0.05) is 18.8 Å². The average molecular weight is 352 g/mol. The smallest absolute Gasteiger partial charge is 0.408 e. The fourth-order valence-corrected chi connectivity index (χ4v) is 2.30. The number of aldehydes is 1. The molecule has 0 saturated heterocycles. The molecule has 0 aliphatic carbocycles. The van der Waals surface area contributed by atoms with Crippen LogP contribution in [0.15, 0.2) is 24.3 Å². The molecule has 0 heterocycles. The normalized spacial score (nSPS) is 12.4. The van der Waals surface area contributed by atoms with Crippen LogP contribution in [0.3, 0.4) is 0 Å². The lowest BCUT2D eigenvalue weighted by Gasteiger charge is -2.23. The van der Waals surface area contributed by atoms with Gasteiger partial charge in [-0.25, -0.2) is 4.79 Å². The van der Waals surface area contributed by atoms with Gasteiger partial charge in [0.1, 0.15) is 11.9 Å². The van der Waals surface area contributed by atoms with Gasteiger partial charge in [-0.3, -0.25) is 0 Å². The number of aliphatic hydroxyl groups is 2. The molecule has 25 heavy (non-hydrogen) atoms. The van der Waals surface area contributed by atoms with Gasteiger partial charge in [0.15, 0.2) is 0 Å². The van der Waals surface area contributed by atoms with Gasteiger partial charge in [-0.15, -0.1) is 0 Å². The van der Waals surface area contributed by atoms with Crippen LogP contribution in [0.5, 0.6) is 0 Å². The van der Waals surface area contributed by atoms with Crippen molar-refractivity contribution < 1.29 is 24.5 Å². The Labute approximate surface area is 148 Å². The summed E-state index contributed by atoms with van der Waals surface area (Å²) in [6, 6.07) is 6.74. The number of nitrogens with one attached hydrogen (secondary N) is 1. The number of carbonyl (C=O) groups excluding carboxylic acids is 2. The minimum absolute atomic E-state index is 0.00518. The van der Waals surface area contributed by atoms with Gasteiger partial charge in [-0.05, 0) is 44.9 Å². The second-order valence-electron chi connectivity index (χ2n) is 6.69. The van der Waals surface area contributed by atoms with E-state index in [-0.39, 0.29) is 13.2 Å². The van der Waals surface area contributed by atoms with Crippen LogP contribution in [-0.2, 0) is 16.0 Å². The maximum Gasteiger partial charge on any atom is 0.408 e. The molecule has 0 aromatic heterocycles. The van der Waals surface area contributed by atoms with Crippen LogP contribution in [0.2, 0.25) is 0 Å². The number of amides is 1. The van der Waals surface area contributed by atoms with Crippen molar-refractivity contribution in [1.82, 2.24) is 5.32 Å². The van der Waals surface area contributed by atoms with Crippen molar-refractivity contribution in [2.75, 3.05) is 31.2 Å². The van der Waals surface area contributed by atoms with Gasteiger partial charge >= 0.3 is 6.09 Å². The summed E-state index contributed by atoms with van der Waals surface area (Å²) in [6.07, 6.45) is 0.406. The van der Waals surface area contributed by atoms with E-state index in [0.717, 1.165) is 11.3 Å². The highest BCUT2D eigenvalue weighted by Gasteiger charge is 2.19. The van der Waals surface area contributed by atoms with Gasteiger partial charge in [-0.2, -0.15) is 0 Å². The molecule has 1 rings (SSSR count). The Morgan fingerprint density at radius 3 is 2.20 bits per heavy atom. The molecule has 1 aromatic rings. The first kappa shape index (κ1) is 20.9. The summed E-state index contributed by atoms with van der Waals surface area (Å²) in [4.78, 5) is 24.8. The molecule has 0 aliphatic rings. The zero-order chi connectivity index (χ0) is 18.9. The number of ether oxygens (including phenoxy) is 1. The Morgan fingerprint density at radius 2 is 1.76 bits per heavy atom. The third kappa shape index (κ3) is 8.00.